The van der Waals surface area contributed by atoms with Crippen molar-refractivity contribution in [2.45, 2.75) is 64.5 Å². The summed E-state index contributed by atoms with van der Waals surface area (Å²) in [7, 11) is 0. The highest BCUT2D eigenvalue weighted by Crippen LogP contribution is 2.19. The fraction of sp³-hybridized carbons (Fsp3) is 1.00. The minimum absolute atomic E-state index is 0.405. The highest BCUT2D eigenvalue weighted by atomic mass is 16.6. The standard InChI is InChI=1S/C10H21NO3/c1-4-5-6-7-8-9(12)10(2,3)11(13)14/h9,12H,4-8H2,1-3H3. The van der Waals surface area contributed by atoms with E-state index in [4.69, 9.17) is 0 Å². The lowest BCUT2D eigenvalue weighted by Gasteiger charge is -2.21. The number of aliphatic hydroxyl groups is 1. The molecular formula is C10H21NO3. The summed E-state index contributed by atoms with van der Waals surface area (Å²) < 4.78 is 0. The summed E-state index contributed by atoms with van der Waals surface area (Å²) >= 11 is 0. The molecule has 1 unspecified atom stereocenters. The first kappa shape index (κ1) is 13.4. The van der Waals surface area contributed by atoms with Gasteiger partial charge in [0.2, 0.25) is 5.54 Å². The first-order valence-corrected chi connectivity index (χ1v) is 5.25. The minimum atomic E-state index is -1.22. The molecule has 84 valence electrons. The third kappa shape index (κ3) is 4.05. The second-order valence-corrected chi connectivity index (χ2v) is 4.28. The number of hydrogen-bond acceptors (Lipinski definition) is 3. The molecule has 0 saturated carbocycles. The van der Waals surface area contributed by atoms with Gasteiger partial charge in [-0.15, -0.1) is 0 Å². The SMILES string of the molecule is CCCCCCC(O)C(C)(C)[N+](=O)[O-]. The monoisotopic (exact) mass is 203 g/mol. The molecule has 1 atom stereocenters. The molecule has 0 radical (unpaired) electrons. The summed E-state index contributed by atoms with van der Waals surface area (Å²) in [6.07, 6.45) is 3.86. The average molecular weight is 203 g/mol. The van der Waals surface area contributed by atoms with E-state index in [1.54, 1.807) is 0 Å². The van der Waals surface area contributed by atoms with Gasteiger partial charge in [0.25, 0.3) is 0 Å². The molecule has 0 aliphatic carbocycles. The maximum Gasteiger partial charge on any atom is 0.242 e. The van der Waals surface area contributed by atoms with Crippen LogP contribution in [-0.2, 0) is 0 Å². The van der Waals surface area contributed by atoms with Crippen molar-refractivity contribution in [1.82, 2.24) is 0 Å². The van der Waals surface area contributed by atoms with E-state index in [-0.39, 0.29) is 0 Å². The molecule has 14 heavy (non-hydrogen) atoms. The molecule has 0 aliphatic rings. The Labute approximate surface area is 85.5 Å². The Kier molecular flexibility index (Phi) is 5.69. The summed E-state index contributed by atoms with van der Waals surface area (Å²) in [5.74, 6) is 0. The summed E-state index contributed by atoms with van der Waals surface area (Å²) in [6.45, 7) is 5.05. The van der Waals surface area contributed by atoms with Gasteiger partial charge in [-0.2, -0.15) is 0 Å². The normalized spacial score (nSPS) is 14.0. The second kappa shape index (κ2) is 5.96. The maximum atomic E-state index is 10.6. The summed E-state index contributed by atoms with van der Waals surface area (Å²) in [5, 5.41) is 20.2. The highest BCUT2D eigenvalue weighted by molar-refractivity contribution is 4.77. The van der Waals surface area contributed by atoms with E-state index in [2.05, 4.69) is 6.92 Å². The Hall–Kier alpha value is -0.640. The van der Waals surface area contributed by atoms with Crippen LogP contribution in [0.15, 0.2) is 0 Å². The van der Waals surface area contributed by atoms with Gasteiger partial charge in [0, 0.05) is 18.8 Å². The molecule has 4 nitrogen and oxygen atoms in total. The quantitative estimate of drug-likeness (QED) is 0.392. The van der Waals surface area contributed by atoms with Crippen LogP contribution in [0.3, 0.4) is 0 Å². The number of rotatable bonds is 7. The molecule has 0 aromatic carbocycles. The molecule has 0 bridgehead atoms. The van der Waals surface area contributed by atoms with Crippen LogP contribution < -0.4 is 0 Å². The first-order chi connectivity index (χ1) is 6.42. The van der Waals surface area contributed by atoms with Gasteiger partial charge < -0.3 is 5.11 Å². The van der Waals surface area contributed by atoms with E-state index in [0.29, 0.717) is 6.42 Å². The molecule has 1 N–H and O–H groups in total. The fourth-order valence-electron chi connectivity index (χ4n) is 1.24. The number of aliphatic hydroxyl groups excluding tert-OH is 1. The Balaban J connectivity index is 3.83. The molecular weight excluding hydrogens is 182 g/mol. The predicted octanol–water partition coefficient (Wildman–Crippen LogP) is 2.37. The molecule has 0 aromatic rings. The zero-order chi connectivity index (χ0) is 11.2. The maximum absolute atomic E-state index is 10.6. The van der Waals surface area contributed by atoms with Crippen molar-refractivity contribution in [2.24, 2.45) is 0 Å². The van der Waals surface area contributed by atoms with Gasteiger partial charge in [-0.25, -0.2) is 0 Å². The van der Waals surface area contributed by atoms with E-state index < -0.39 is 16.6 Å². The molecule has 0 fully saturated rings. The van der Waals surface area contributed by atoms with E-state index in [1.165, 1.54) is 13.8 Å². The topological polar surface area (TPSA) is 63.4 Å². The Morgan fingerprint density at radius 1 is 1.36 bits per heavy atom. The van der Waals surface area contributed by atoms with Crippen LogP contribution in [0.5, 0.6) is 0 Å². The van der Waals surface area contributed by atoms with Gasteiger partial charge in [-0.3, -0.25) is 10.1 Å². The van der Waals surface area contributed by atoms with Gasteiger partial charge >= 0.3 is 0 Å². The van der Waals surface area contributed by atoms with Gasteiger partial charge in [-0.05, 0) is 6.42 Å². The summed E-state index contributed by atoms with van der Waals surface area (Å²) in [6, 6.07) is 0. The molecule has 4 heteroatoms. The summed E-state index contributed by atoms with van der Waals surface area (Å²) in [4.78, 5) is 10.2. The largest absolute Gasteiger partial charge is 0.386 e. The summed E-state index contributed by atoms with van der Waals surface area (Å²) in [5.41, 5.74) is -1.22. The number of hydrogen-bond donors (Lipinski definition) is 1. The van der Waals surface area contributed by atoms with Crippen LogP contribution in [0, 0.1) is 10.1 Å². The first-order valence-electron chi connectivity index (χ1n) is 5.25. The van der Waals surface area contributed by atoms with Crippen molar-refractivity contribution < 1.29 is 10.0 Å². The second-order valence-electron chi connectivity index (χ2n) is 4.28. The lowest BCUT2D eigenvalue weighted by atomic mass is 9.93. The lowest BCUT2D eigenvalue weighted by molar-refractivity contribution is -0.573. The zero-order valence-electron chi connectivity index (χ0n) is 9.32. The van der Waals surface area contributed by atoms with Crippen molar-refractivity contribution >= 4 is 0 Å². The number of nitrogens with zero attached hydrogens (tertiary/aromatic N) is 1. The van der Waals surface area contributed by atoms with E-state index in [1.807, 2.05) is 0 Å². The molecule has 0 aliphatic heterocycles. The van der Waals surface area contributed by atoms with Crippen molar-refractivity contribution in [2.75, 3.05) is 0 Å². The lowest BCUT2D eigenvalue weighted by Crippen LogP contribution is -2.43. The number of nitro groups is 1. The van der Waals surface area contributed by atoms with Crippen molar-refractivity contribution in [1.29, 1.82) is 0 Å². The van der Waals surface area contributed by atoms with Crippen molar-refractivity contribution in [3.8, 4) is 0 Å². The Morgan fingerprint density at radius 2 is 1.93 bits per heavy atom. The van der Waals surface area contributed by atoms with Crippen LogP contribution in [0.2, 0.25) is 0 Å². The molecule has 0 aromatic heterocycles. The molecule has 0 heterocycles. The fourth-order valence-corrected chi connectivity index (χ4v) is 1.24. The zero-order valence-corrected chi connectivity index (χ0v) is 9.32. The minimum Gasteiger partial charge on any atom is -0.386 e. The van der Waals surface area contributed by atoms with Crippen molar-refractivity contribution in [3.05, 3.63) is 10.1 Å². The molecule has 0 amide bonds. The van der Waals surface area contributed by atoms with Crippen LogP contribution in [-0.4, -0.2) is 21.7 Å². The molecule has 0 rings (SSSR count). The van der Waals surface area contributed by atoms with Crippen LogP contribution in [0.25, 0.3) is 0 Å². The van der Waals surface area contributed by atoms with Crippen LogP contribution >= 0.6 is 0 Å². The van der Waals surface area contributed by atoms with Gasteiger partial charge in [-0.1, -0.05) is 32.6 Å². The van der Waals surface area contributed by atoms with E-state index >= 15 is 0 Å². The van der Waals surface area contributed by atoms with Gasteiger partial charge in [0.15, 0.2) is 0 Å². The molecule has 0 spiro atoms. The smallest absolute Gasteiger partial charge is 0.242 e. The van der Waals surface area contributed by atoms with Gasteiger partial charge in [0.1, 0.15) is 6.10 Å². The van der Waals surface area contributed by atoms with Crippen LogP contribution in [0.1, 0.15) is 52.9 Å². The highest BCUT2D eigenvalue weighted by Gasteiger charge is 2.38. The molecule has 0 saturated heterocycles. The number of unbranched alkanes of at least 4 members (excludes halogenated alkanes) is 3. The van der Waals surface area contributed by atoms with Crippen LogP contribution in [0.4, 0.5) is 0 Å². The predicted molar refractivity (Wildman–Crippen MR) is 55.8 cm³/mol. The third-order valence-electron chi connectivity index (χ3n) is 2.62. The van der Waals surface area contributed by atoms with Gasteiger partial charge in [0.05, 0.1) is 0 Å². The third-order valence-corrected chi connectivity index (χ3v) is 2.62. The van der Waals surface area contributed by atoms with E-state index in [0.717, 1.165) is 25.7 Å². The van der Waals surface area contributed by atoms with E-state index in [9.17, 15) is 15.2 Å². The Bertz CT molecular complexity index is 180. The average Bonchev–Trinajstić information content (AvgIpc) is 2.11. The Morgan fingerprint density at radius 3 is 2.36 bits per heavy atom. The van der Waals surface area contributed by atoms with Crippen molar-refractivity contribution in [3.63, 3.8) is 0 Å².